The van der Waals surface area contributed by atoms with Gasteiger partial charge in [-0.2, -0.15) is 0 Å². The van der Waals surface area contributed by atoms with Crippen molar-refractivity contribution in [2.24, 2.45) is 0 Å². The van der Waals surface area contributed by atoms with E-state index in [0.29, 0.717) is 32.4 Å². The monoisotopic (exact) mass is 465 g/mol. The van der Waals surface area contributed by atoms with Crippen molar-refractivity contribution in [1.82, 2.24) is 16.0 Å². The van der Waals surface area contributed by atoms with Crippen LogP contribution >= 0.6 is 0 Å². The number of aldehydes is 1. The fourth-order valence-corrected chi connectivity index (χ4v) is 4.49. The molecule has 1 rings (SSSR count). The Hall–Kier alpha value is -1.43. The fourth-order valence-electron chi connectivity index (χ4n) is 4.49. The summed E-state index contributed by atoms with van der Waals surface area (Å²) in [5.41, 5.74) is 0. The highest BCUT2D eigenvalue weighted by Gasteiger charge is 2.24. The van der Waals surface area contributed by atoms with Crippen molar-refractivity contribution < 1.29 is 14.4 Å². The van der Waals surface area contributed by atoms with Gasteiger partial charge in [0.25, 0.3) is 0 Å². The molecule has 1 heterocycles. The van der Waals surface area contributed by atoms with Gasteiger partial charge in [0.2, 0.25) is 11.8 Å². The van der Waals surface area contributed by atoms with Gasteiger partial charge in [0.1, 0.15) is 6.29 Å². The molecule has 2 atom stereocenters. The Balaban J connectivity index is 1.79. The Morgan fingerprint density at radius 2 is 1.27 bits per heavy atom. The molecule has 1 fully saturated rings. The SMILES string of the molecule is CCCCCCCCCCCCCCCC(=O)NCCCCCC(=O)NC1CN[C@H](C=O)C1. The molecule has 33 heavy (non-hydrogen) atoms. The number of carbonyl (C=O) groups is 3. The Bertz CT molecular complexity index is 513. The number of nitrogens with one attached hydrogen (secondary N) is 3. The van der Waals surface area contributed by atoms with Crippen LogP contribution in [0.1, 0.15) is 129 Å². The Morgan fingerprint density at radius 3 is 1.82 bits per heavy atom. The molecule has 1 saturated heterocycles. The summed E-state index contributed by atoms with van der Waals surface area (Å²) in [5.74, 6) is 0.217. The second kappa shape index (κ2) is 21.1. The third-order valence-corrected chi connectivity index (χ3v) is 6.60. The van der Waals surface area contributed by atoms with Crippen LogP contribution in [0.15, 0.2) is 0 Å². The summed E-state index contributed by atoms with van der Waals surface area (Å²) in [7, 11) is 0. The van der Waals surface area contributed by atoms with Crippen LogP contribution in [0.3, 0.4) is 0 Å². The molecule has 0 spiro atoms. The molecule has 0 radical (unpaired) electrons. The molecule has 1 aliphatic heterocycles. The zero-order valence-corrected chi connectivity index (χ0v) is 21.3. The van der Waals surface area contributed by atoms with Crippen LogP contribution in [-0.2, 0) is 14.4 Å². The molecular weight excluding hydrogens is 414 g/mol. The third-order valence-electron chi connectivity index (χ3n) is 6.60. The molecule has 0 bridgehead atoms. The third kappa shape index (κ3) is 17.7. The fraction of sp³-hybridized carbons (Fsp3) is 0.889. The first-order valence-electron chi connectivity index (χ1n) is 13.9. The predicted octanol–water partition coefficient (Wildman–Crippen LogP) is 5.19. The lowest BCUT2D eigenvalue weighted by Crippen LogP contribution is -2.36. The maximum atomic E-state index is 11.9. The molecule has 1 aliphatic rings. The summed E-state index contributed by atoms with van der Waals surface area (Å²) in [6.45, 7) is 3.63. The zero-order chi connectivity index (χ0) is 24.0. The van der Waals surface area contributed by atoms with E-state index >= 15 is 0 Å². The summed E-state index contributed by atoms with van der Waals surface area (Å²) in [6, 6.07) is -0.0595. The van der Waals surface area contributed by atoms with E-state index in [1.165, 1.54) is 70.6 Å². The smallest absolute Gasteiger partial charge is 0.220 e. The van der Waals surface area contributed by atoms with Gasteiger partial charge in [0, 0.05) is 32.0 Å². The lowest BCUT2D eigenvalue weighted by atomic mass is 10.0. The van der Waals surface area contributed by atoms with Crippen LogP contribution in [0.5, 0.6) is 0 Å². The average molecular weight is 466 g/mol. The van der Waals surface area contributed by atoms with Gasteiger partial charge in [-0.3, -0.25) is 9.59 Å². The molecule has 6 nitrogen and oxygen atoms in total. The summed E-state index contributed by atoms with van der Waals surface area (Å²) >= 11 is 0. The van der Waals surface area contributed by atoms with E-state index in [4.69, 9.17) is 0 Å². The molecule has 0 aliphatic carbocycles. The van der Waals surface area contributed by atoms with E-state index in [0.717, 1.165) is 38.4 Å². The van der Waals surface area contributed by atoms with E-state index < -0.39 is 0 Å². The van der Waals surface area contributed by atoms with Gasteiger partial charge in [-0.15, -0.1) is 0 Å². The molecule has 192 valence electrons. The predicted molar refractivity (Wildman–Crippen MR) is 136 cm³/mol. The summed E-state index contributed by atoms with van der Waals surface area (Å²) in [5, 5.41) is 9.06. The normalized spacial score (nSPS) is 17.7. The average Bonchev–Trinajstić information content (AvgIpc) is 3.26. The highest BCUT2D eigenvalue weighted by molar-refractivity contribution is 5.76. The standard InChI is InChI=1S/C27H51N3O3/c1-2-3-4-5-6-7-8-9-10-11-12-13-15-18-26(32)28-20-17-14-16-19-27(33)30-24-21-25(23-31)29-22-24/h23-25,29H,2-22H2,1H3,(H,28,32)(H,30,33)/t24?,25-/m0/s1. The largest absolute Gasteiger partial charge is 0.356 e. The van der Waals surface area contributed by atoms with E-state index in [2.05, 4.69) is 22.9 Å². The second-order valence-electron chi connectivity index (χ2n) is 9.80. The molecule has 0 aromatic carbocycles. The van der Waals surface area contributed by atoms with Crippen LogP contribution in [0.4, 0.5) is 0 Å². The van der Waals surface area contributed by atoms with Gasteiger partial charge in [0.15, 0.2) is 0 Å². The minimum atomic E-state index is -0.126. The quantitative estimate of drug-likeness (QED) is 0.152. The lowest BCUT2D eigenvalue weighted by molar-refractivity contribution is -0.122. The first-order valence-corrected chi connectivity index (χ1v) is 13.9. The van der Waals surface area contributed by atoms with E-state index in [1.54, 1.807) is 0 Å². The molecule has 0 saturated carbocycles. The molecule has 2 amide bonds. The van der Waals surface area contributed by atoms with Gasteiger partial charge in [-0.05, 0) is 25.7 Å². The maximum Gasteiger partial charge on any atom is 0.220 e. The van der Waals surface area contributed by atoms with Crippen molar-refractivity contribution in [1.29, 1.82) is 0 Å². The molecule has 3 N–H and O–H groups in total. The Kier molecular flexibility index (Phi) is 19.0. The second-order valence-corrected chi connectivity index (χ2v) is 9.80. The highest BCUT2D eigenvalue weighted by Crippen LogP contribution is 2.13. The lowest BCUT2D eigenvalue weighted by Gasteiger charge is -2.11. The van der Waals surface area contributed by atoms with Crippen molar-refractivity contribution >= 4 is 18.1 Å². The van der Waals surface area contributed by atoms with Crippen LogP contribution in [-0.4, -0.2) is 43.3 Å². The topological polar surface area (TPSA) is 87.3 Å². The van der Waals surface area contributed by atoms with Gasteiger partial charge in [0.05, 0.1) is 6.04 Å². The van der Waals surface area contributed by atoms with E-state index in [1.807, 2.05) is 0 Å². The van der Waals surface area contributed by atoms with Crippen molar-refractivity contribution in [2.45, 2.75) is 141 Å². The molecular formula is C27H51N3O3. The number of unbranched alkanes of at least 4 members (excludes halogenated alkanes) is 14. The molecule has 1 unspecified atom stereocenters. The first kappa shape index (κ1) is 29.6. The summed E-state index contributed by atoms with van der Waals surface area (Å²) < 4.78 is 0. The summed E-state index contributed by atoms with van der Waals surface area (Å²) in [6.07, 6.45) is 22.6. The minimum absolute atomic E-state index is 0.0554. The van der Waals surface area contributed by atoms with Crippen molar-refractivity contribution in [3.05, 3.63) is 0 Å². The molecule has 0 aromatic heterocycles. The van der Waals surface area contributed by atoms with Gasteiger partial charge < -0.3 is 20.7 Å². The Labute approximate surface area is 202 Å². The first-order chi connectivity index (χ1) is 16.2. The number of carbonyl (C=O) groups excluding carboxylic acids is 3. The van der Waals surface area contributed by atoms with Crippen LogP contribution < -0.4 is 16.0 Å². The maximum absolute atomic E-state index is 11.9. The van der Waals surface area contributed by atoms with Crippen molar-refractivity contribution in [2.75, 3.05) is 13.1 Å². The summed E-state index contributed by atoms with van der Waals surface area (Å²) in [4.78, 5) is 34.6. The molecule has 6 heteroatoms. The van der Waals surface area contributed by atoms with Gasteiger partial charge in [-0.1, -0.05) is 90.4 Å². The zero-order valence-electron chi connectivity index (χ0n) is 21.3. The minimum Gasteiger partial charge on any atom is -0.356 e. The van der Waals surface area contributed by atoms with E-state index in [-0.39, 0.29) is 23.9 Å². The van der Waals surface area contributed by atoms with Gasteiger partial charge in [-0.25, -0.2) is 0 Å². The Morgan fingerprint density at radius 1 is 0.758 bits per heavy atom. The van der Waals surface area contributed by atoms with Crippen molar-refractivity contribution in [3.63, 3.8) is 0 Å². The number of hydrogen-bond donors (Lipinski definition) is 3. The molecule has 0 aromatic rings. The van der Waals surface area contributed by atoms with Crippen LogP contribution in [0, 0.1) is 0 Å². The van der Waals surface area contributed by atoms with Crippen LogP contribution in [0.25, 0.3) is 0 Å². The number of rotatable bonds is 22. The highest BCUT2D eigenvalue weighted by atomic mass is 16.2. The van der Waals surface area contributed by atoms with Crippen molar-refractivity contribution in [3.8, 4) is 0 Å². The van der Waals surface area contributed by atoms with Crippen LogP contribution in [0.2, 0.25) is 0 Å². The number of hydrogen-bond acceptors (Lipinski definition) is 4. The van der Waals surface area contributed by atoms with Gasteiger partial charge >= 0.3 is 0 Å². The van der Waals surface area contributed by atoms with E-state index in [9.17, 15) is 14.4 Å². The number of amides is 2.